The Morgan fingerprint density at radius 3 is 2.00 bits per heavy atom. The van der Waals surface area contributed by atoms with E-state index in [1.807, 2.05) is 12.1 Å². The number of nitrogens with zero attached hydrogens (tertiary/aromatic N) is 1. The first kappa shape index (κ1) is 25.5. The van der Waals surface area contributed by atoms with E-state index in [9.17, 15) is 24.5 Å². The van der Waals surface area contributed by atoms with Crippen molar-refractivity contribution in [2.45, 2.75) is 44.6 Å². The van der Waals surface area contributed by atoms with Crippen molar-refractivity contribution in [1.29, 1.82) is 0 Å². The molecule has 176 valence electrons. The zero-order valence-corrected chi connectivity index (χ0v) is 19.3. The standard InChI is InChI=1S/C24H28N2O7/c1-24(2,3)17-10-6-16(7-11-17)22(28)25-21(23(29)33-5)19(14-20(27)32-4)15-8-12-18(13-9-15)26(30)31/h6-13,19,21H,14H2,1-5H3,(H,25,28)/t19-,21-/m0/s1. The number of esters is 2. The number of hydrogen-bond acceptors (Lipinski definition) is 7. The van der Waals surface area contributed by atoms with Crippen molar-refractivity contribution >= 4 is 23.5 Å². The molecule has 0 saturated carbocycles. The molecule has 0 radical (unpaired) electrons. The van der Waals surface area contributed by atoms with Crippen molar-refractivity contribution in [2.24, 2.45) is 0 Å². The molecular formula is C24H28N2O7. The molecule has 0 aromatic heterocycles. The molecule has 0 unspecified atom stereocenters. The second-order valence-corrected chi connectivity index (χ2v) is 8.54. The molecule has 1 N–H and O–H groups in total. The maximum absolute atomic E-state index is 12.9. The van der Waals surface area contributed by atoms with Gasteiger partial charge in [-0.05, 0) is 28.7 Å². The number of methoxy groups -OCH3 is 2. The Balaban J connectivity index is 2.39. The van der Waals surface area contributed by atoms with Crippen LogP contribution in [0.15, 0.2) is 48.5 Å². The number of nitro groups is 1. The largest absolute Gasteiger partial charge is 0.469 e. The van der Waals surface area contributed by atoms with Crippen LogP contribution in [0.25, 0.3) is 0 Å². The lowest BCUT2D eigenvalue weighted by atomic mass is 9.86. The normalized spacial score (nSPS) is 12.9. The molecule has 0 aliphatic heterocycles. The molecule has 0 fully saturated rings. The minimum absolute atomic E-state index is 0.0922. The summed E-state index contributed by atoms with van der Waals surface area (Å²) in [6, 6.07) is 11.2. The molecule has 2 rings (SSSR count). The minimum atomic E-state index is -1.23. The number of nitrogens with one attached hydrogen (secondary N) is 1. The van der Waals surface area contributed by atoms with Crippen LogP contribution in [0.4, 0.5) is 5.69 Å². The zero-order chi connectivity index (χ0) is 24.8. The summed E-state index contributed by atoms with van der Waals surface area (Å²) in [5.41, 5.74) is 1.57. The first-order chi connectivity index (χ1) is 15.5. The molecule has 9 heteroatoms. The van der Waals surface area contributed by atoms with E-state index in [0.29, 0.717) is 11.1 Å². The molecule has 0 saturated heterocycles. The summed E-state index contributed by atoms with van der Waals surface area (Å²) in [5, 5.41) is 13.6. The number of carbonyl (C=O) groups is 3. The number of ether oxygens (including phenoxy) is 2. The number of rotatable bonds is 8. The van der Waals surface area contributed by atoms with E-state index in [4.69, 9.17) is 9.47 Å². The Morgan fingerprint density at radius 2 is 1.55 bits per heavy atom. The molecule has 9 nitrogen and oxygen atoms in total. The second-order valence-electron chi connectivity index (χ2n) is 8.54. The van der Waals surface area contributed by atoms with Crippen LogP contribution in [0, 0.1) is 10.1 Å². The van der Waals surface area contributed by atoms with Gasteiger partial charge in [-0.2, -0.15) is 0 Å². The van der Waals surface area contributed by atoms with Gasteiger partial charge in [-0.1, -0.05) is 45.0 Å². The zero-order valence-electron chi connectivity index (χ0n) is 19.3. The van der Waals surface area contributed by atoms with Crippen LogP contribution in [0.2, 0.25) is 0 Å². The van der Waals surface area contributed by atoms with Gasteiger partial charge in [-0.15, -0.1) is 0 Å². The van der Waals surface area contributed by atoms with Gasteiger partial charge in [0.2, 0.25) is 0 Å². The Kier molecular flexibility index (Phi) is 8.28. The van der Waals surface area contributed by atoms with Crippen molar-refractivity contribution < 1.29 is 28.8 Å². The fourth-order valence-electron chi connectivity index (χ4n) is 3.33. The van der Waals surface area contributed by atoms with Crippen LogP contribution >= 0.6 is 0 Å². The van der Waals surface area contributed by atoms with Gasteiger partial charge < -0.3 is 14.8 Å². The third kappa shape index (κ3) is 6.61. The highest BCUT2D eigenvalue weighted by Gasteiger charge is 2.34. The summed E-state index contributed by atoms with van der Waals surface area (Å²) in [6.07, 6.45) is -0.253. The van der Waals surface area contributed by atoms with Crippen molar-refractivity contribution in [3.05, 3.63) is 75.3 Å². The Morgan fingerprint density at radius 1 is 0.970 bits per heavy atom. The van der Waals surface area contributed by atoms with Gasteiger partial charge in [0.05, 0.1) is 25.6 Å². The second kappa shape index (κ2) is 10.7. The summed E-state index contributed by atoms with van der Waals surface area (Å²) in [6.45, 7) is 6.16. The highest BCUT2D eigenvalue weighted by atomic mass is 16.6. The molecule has 2 atom stereocenters. The third-order valence-corrected chi connectivity index (χ3v) is 5.30. The van der Waals surface area contributed by atoms with Crippen molar-refractivity contribution in [3.8, 4) is 0 Å². The number of non-ortho nitro benzene ring substituents is 1. The Labute approximate surface area is 192 Å². The molecule has 0 heterocycles. The highest BCUT2D eigenvalue weighted by Crippen LogP contribution is 2.28. The van der Waals surface area contributed by atoms with E-state index in [2.05, 4.69) is 26.1 Å². The molecule has 1 amide bonds. The molecule has 0 spiro atoms. The molecule has 0 aliphatic rings. The quantitative estimate of drug-likeness (QED) is 0.366. The topological polar surface area (TPSA) is 125 Å². The molecule has 33 heavy (non-hydrogen) atoms. The van der Waals surface area contributed by atoms with Gasteiger partial charge in [0.15, 0.2) is 0 Å². The lowest BCUT2D eigenvalue weighted by molar-refractivity contribution is -0.384. The number of benzene rings is 2. The van der Waals surface area contributed by atoms with Gasteiger partial charge >= 0.3 is 11.9 Å². The maximum Gasteiger partial charge on any atom is 0.329 e. The molecule has 2 aromatic carbocycles. The SMILES string of the molecule is COC(=O)C[C@@H](c1ccc([N+](=O)[O-])cc1)[C@H](NC(=O)c1ccc(C(C)(C)C)cc1)C(=O)OC. The molecule has 0 bridgehead atoms. The minimum Gasteiger partial charge on any atom is -0.469 e. The van der Waals surface area contributed by atoms with Crippen molar-refractivity contribution in [3.63, 3.8) is 0 Å². The smallest absolute Gasteiger partial charge is 0.329 e. The summed E-state index contributed by atoms with van der Waals surface area (Å²) < 4.78 is 9.63. The highest BCUT2D eigenvalue weighted by molar-refractivity contribution is 5.97. The van der Waals surface area contributed by atoms with Gasteiger partial charge in [-0.3, -0.25) is 19.7 Å². The van der Waals surface area contributed by atoms with Gasteiger partial charge in [0.1, 0.15) is 6.04 Å². The number of carbonyl (C=O) groups excluding carboxylic acids is 3. The molecule has 0 aliphatic carbocycles. The van der Waals surface area contributed by atoms with Gasteiger partial charge in [0.25, 0.3) is 11.6 Å². The fourth-order valence-corrected chi connectivity index (χ4v) is 3.33. The summed E-state index contributed by atoms with van der Waals surface area (Å²) >= 11 is 0. The van der Waals surface area contributed by atoms with E-state index < -0.39 is 34.7 Å². The monoisotopic (exact) mass is 456 g/mol. The van der Waals surface area contributed by atoms with Crippen molar-refractivity contribution in [1.82, 2.24) is 5.32 Å². The summed E-state index contributed by atoms with van der Waals surface area (Å²) in [7, 11) is 2.38. The van der Waals surface area contributed by atoms with Gasteiger partial charge in [0, 0.05) is 23.6 Å². The van der Waals surface area contributed by atoms with E-state index in [1.165, 1.54) is 38.5 Å². The van der Waals surface area contributed by atoms with Crippen LogP contribution in [0.5, 0.6) is 0 Å². The van der Waals surface area contributed by atoms with E-state index in [0.717, 1.165) is 5.56 Å². The average molecular weight is 456 g/mol. The third-order valence-electron chi connectivity index (χ3n) is 5.30. The Bertz CT molecular complexity index is 1010. The van der Waals surface area contributed by atoms with Crippen molar-refractivity contribution in [2.75, 3.05) is 14.2 Å². The van der Waals surface area contributed by atoms with Gasteiger partial charge in [-0.25, -0.2) is 4.79 Å². The van der Waals surface area contributed by atoms with Crippen LogP contribution in [-0.4, -0.2) is 43.0 Å². The Hall–Kier alpha value is -3.75. The van der Waals surface area contributed by atoms with Crippen LogP contribution in [-0.2, 0) is 24.5 Å². The lowest BCUT2D eigenvalue weighted by Crippen LogP contribution is -2.46. The fraction of sp³-hybridized carbons (Fsp3) is 0.375. The average Bonchev–Trinajstić information content (AvgIpc) is 2.80. The van der Waals surface area contributed by atoms with Crippen LogP contribution < -0.4 is 5.32 Å². The molecule has 2 aromatic rings. The van der Waals surface area contributed by atoms with Crippen LogP contribution in [0.3, 0.4) is 0 Å². The number of hydrogen-bond donors (Lipinski definition) is 1. The van der Waals surface area contributed by atoms with E-state index >= 15 is 0 Å². The summed E-state index contributed by atoms with van der Waals surface area (Å²) in [4.78, 5) is 48.1. The first-order valence-corrected chi connectivity index (χ1v) is 10.3. The van der Waals surface area contributed by atoms with Crippen LogP contribution in [0.1, 0.15) is 54.6 Å². The first-order valence-electron chi connectivity index (χ1n) is 10.3. The predicted octanol–water partition coefficient (Wildman–Crippen LogP) is 3.51. The summed E-state index contributed by atoms with van der Waals surface area (Å²) in [5.74, 6) is -2.77. The van der Waals surface area contributed by atoms with E-state index in [-0.39, 0.29) is 17.5 Å². The predicted molar refractivity (Wildman–Crippen MR) is 121 cm³/mol. The number of amides is 1. The number of nitro benzene ring substituents is 1. The van der Waals surface area contributed by atoms with E-state index in [1.54, 1.807) is 12.1 Å². The maximum atomic E-state index is 12.9. The lowest BCUT2D eigenvalue weighted by Gasteiger charge is -2.26. The molecular weight excluding hydrogens is 428 g/mol.